The highest BCUT2D eigenvalue weighted by atomic mass is 32.2. The van der Waals surface area contributed by atoms with Crippen LogP contribution in [0.25, 0.3) is 0 Å². The lowest BCUT2D eigenvalue weighted by molar-refractivity contribution is -0.127. The lowest BCUT2D eigenvalue weighted by Gasteiger charge is -2.16. The van der Waals surface area contributed by atoms with Gasteiger partial charge in [-0.2, -0.15) is 0 Å². The zero-order valence-electron chi connectivity index (χ0n) is 10.5. The standard InChI is InChI=1S/C13H18N2O2S/c1-17-9-11-4-7-15(8-11)13(16)10-18-12-2-5-14-6-3-12/h2-3,5-6,11H,4,7-10H2,1H3. The average Bonchev–Trinajstić information content (AvgIpc) is 2.86. The largest absolute Gasteiger partial charge is 0.384 e. The summed E-state index contributed by atoms with van der Waals surface area (Å²) >= 11 is 1.57. The number of thioether (sulfide) groups is 1. The van der Waals surface area contributed by atoms with Crippen molar-refractivity contribution in [3.05, 3.63) is 24.5 Å². The van der Waals surface area contributed by atoms with Crippen molar-refractivity contribution >= 4 is 17.7 Å². The van der Waals surface area contributed by atoms with E-state index in [4.69, 9.17) is 4.74 Å². The molecule has 1 aliphatic heterocycles. The van der Waals surface area contributed by atoms with Crippen LogP contribution in [0.15, 0.2) is 29.4 Å². The third-order valence-corrected chi connectivity index (χ3v) is 4.05. The van der Waals surface area contributed by atoms with E-state index in [9.17, 15) is 4.79 Å². The first-order valence-corrected chi connectivity index (χ1v) is 7.07. The van der Waals surface area contributed by atoms with E-state index in [0.29, 0.717) is 11.7 Å². The minimum Gasteiger partial charge on any atom is -0.384 e. The number of methoxy groups -OCH3 is 1. The van der Waals surface area contributed by atoms with Crippen LogP contribution < -0.4 is 0 Å². The van der Waals surface area contributed by atoms with E-state index >= 15 is 0 Å². The summed E-state index contributed by atoms with van der Waals surface area (Å²) in [6.07, 6.45) is 4.55. The minimum atomic E-state index is 0.218. The molecule has 0 bridgehead atoms. The molecular formula is C13H18N2O2S. The number of likely N-dealkylation sites (tertiary alicyclic amines) is 1. The van der Waals surface area contributed by atoms with E-state index in [1.807, 2.05) is 17.0 Å². The molecule has 18 heavy (non-hydrogen) atoms. The molecule has 2 rings (SSSR count). The quantitative estimate of drug-likeness (QED) is 0.760. The second-order valence-corrected chi connectivity index (χ2v) is 5.47. The molecule has 0 aliphatic carbocycles. The summed E-state index contributed by atoms with van der Waals surface area (Å²) in [4.78, 5) is 19.0. The van der Waals surface area contributed by atoms with Gasteiger partial charge in [-0.05, 0) is 18.6 Å². The minimum absolute atomic E-state index is 0.218. The summed E-state index contributed by atoms with van der Waals surface area (Å²) in [5.74, 6) is 1.23. The predicted molar refractivity (Wildman–Crippen MR) is 71.5 cm³/mol. The first-order valence-electron chi connectivity index (χ1n) is 6.09. The average molecular weight is 266 g/mol. The Kier molecular flexibility index (Phi) is 5.01. The Morgan fingerprint density at radius 1 is 1.56 bits per heavy atom. The molecule has 1 aromatic rings. The van der Waals surface area contributed by atoms with Gasteiger partial charge in [0.1, 0.15) is 0 Å². The van der Waals surface area contributed by atoms with E-state index in [1.54, 1.807) is 31.3 Å². The number of carbonyl (C=O) groups excluding carboxylic acids is 1. The Labute approximate surface area is 112 Å². The zero-order valence-corrected chi connectivity index (χ0v) is 11.4. The maximum absolute atomic E-state index is 12.0. The zero-order chi connectivity index (χ0) is 12.8. The predicted octanol–water partition coefficient (Wildman–Crippen LogP) is 1.67. The van der Waals surface area contributed by atoms with Gasteiger partial charge in [0.15, 0.2) is 0 Å². The Balaban J connectivity index is 1.76. The number of rotatable bonds is 5. The maximum atomic E-state index is 12.0. The van der Waals surface area contributed by atoms with Gasteiger partial charge in [0, 0.05) is 43.4 Å². The van der Waals surface area contributed by atoms with Gasteiger partial charge in [-0.15, -0.1) is 11.8 Å². The number of pyridine rings is 1. The molecule has 1 atom stereocenters. The molecule has 2 heterocycles. The molecule has 1 aromatic heterocycles. The summed E-state index contributed by atoms with van der Waals surface area (Å²) in [6, 6.07) is 3.85. The van der Waals surface area contributed by atoms with Gasteiger partial charge >= 0.3 is 0 Å². The number of ether oxygens (including phenoxy) is 1. The van der Waals surface area contributed by atoms with Crippen molar-refractivity contribution < 1.29 is 9.53 Å². The van der Waals surface area contributed by atoms with Gasteiger partial charge in [-0.1, -0.05) is 0 Å². The summed E-state index contributed by atoms with van der Waals surface area (Å²) in [7, 11) is 1.71. The fraction of sp³-hybridized carbons (Fsp3) is 0.538. The number of nitrogens with zero attached hydrogens (tertiary/aromatic N) is 2. The van der Waals surface area contributed by atoms with Crippen molar-refractivity contribution in [1.82, 2.24) is 9.88 Å². The van der Waals surface area contributed by atoms with E-state index in [2.05, 4.69) is 4.98 Å². The molecule has 1 fully saturated rings. The molecule has 1 saturated heterocycles. The van der Waals surface area contributed by atoms with Crippen molar-refractivity contribution in [1.29, 1.82) is 0 Å². The summed E-state index contributed by atoms with van der Waals surface area (Å²) in [5.41, 5.74) is 0. The van der Waals surface area contributed by atoms with Gasteiger partial charge in [0.05, 0.1) is 12.4 Å². The number of hydrogen-bond acceptors (Lipinski definition) is 4. The third kappa shape index (κ3) is 3.71. The fourth-order valence-electron chi connectivity index (χ4n) is 2.10. The highest BCUT2D eigenvalue weighted by Gasteiger charge is 2.25. The molecular weight excluding hydrogens is 248 g/mol. The molecule has 98 valence electrons. The Hall–Kier alpha value is -1.07. The Morgan fingerprint density at radius 3 is 3.06 bits per heavy atom. The van der Waals surface area contributed by atoms with Crippen molar-refractivity contribution in [3.8, 4) is 0 Å². The van der Waals surface area contributed by atoms with Crippen LogP contribution in [0.2, 0.25) is 0 Å². The first-order chi connectivity index (χ1) is 8.79. The van der Waals surface area contributed by atoms with Crippen LogP contribution in [0.3, 0.4) is 0 Å². The van der Waals surface area contributed by atoms with E-state index in [-0.39, 0.29) is 5.91 Å². The molecule has 0 spiro atoms. The summed E-state index contributed by atoms with van der Waals surface area (Å²) in [6.45, 7) is 2.45. The van der Waals surface area contributed by atoms with Crippen molar-refractivity contribution in [3.63, 3.8) is 0 Å². The molecule has 0 N–H and O–H groups in total. The highest BCUT2D eigenvalue weighted by Crippen LogP contribution is 2.20. The second kappa shape index (κ2) is 6.75. The molecule has 1 aliphatic rings. The van der Waals surface area contributed by atoms with Crippen molar-refractivity contribution in [2.75, 3.05) is 32.6 Å². The molecule has 0 radical (unpaired) electrons. The van der Waals surface area contributed by atoms with Gasteiger partial charge in [-0.3, -0.25) is 9.78 Å². The van der Waals surface area contributed by atoms with Crippen LogP contribution >= 0.6 is 11.8 Å². The SMILES string of the molecule is COCC1CCN(C(=O)CSc2ccncc2)C1. The van der Waals surface area contributed by atoms with Gasteiger partial charge in [0.25, 0.3) is 0 Å². The van der Waals surface area contributed by atoms with Crippen LogP contribution in [-0.2, 0) is 9.53 Å². The van der Waals surface area contributed by atoms with Crippen LogP contribution in [-0.4, -0.2) is 48.4 Å². The van der Waals surface area contributed by atoms with Crippen LogP contribution in [0.5, 0.6) is 0 Å². The summed E-state index contributed by atoms with van der Waals surface area (Å²) < 4.78 is 5.13. The summed E-state index contributed by atoms with van der Waals surface area (Å²) in [5, 5.41) is 0. The molecule has 0 aromatic carbocycles. The normalized spacial score (nSPS) is 19.2. The van der Waals surface area contributed by atoms with Crippen molar-refractivity contribution in [2.24, 2.45) is 5.92 Å². The lowest BCUT2D eigenvalue weighted by Crippen LogP contribution is -2.30. The smallest absolute Gasteiger partial charge is 0.232 e. The number of aromatic nitrogens is 1. The molecule has 4 nitrogen and oxygen atoms in total. The maximum Gasteiger partial charge on any atom is 0.232 e. The monoisotopic (exact) mass is 266 g/mol. The van der Waals surface area contributed by atoms with E-state index in [0.717, 1.165) is 31.0 Å². The number of amides is 1. The fourth-order valence-corrected chi connectivity index (χ4v) is 2.89. The van der Waals surface area contributed by atoms with Gasteiger partial charge < -0.3 is 9.64 Å². The van der Waals surface area contributed by atoms with Gasteiger partial charge in [-0.25, -0.2) is 0 Å². The van der Waals surface area contributed by atoms with Crippen LogP contribution in [0.1, 0.15) is 6.42 Å². The van der Waals surface area contributed by atoms with Crippen LogP contribution in [0.4, 0.5) is 0 Å². The van der Waals surface area contributed by atoms with E-state index in [1.165, 1.54) is 0 Å². The van der Waals surface area contributed by atoms with Crippen LogP contribution in [0, 0.1) is 5.92 Å². The van der Waals surface area contributed by atoms with Gasteiger partial charge in [0.2, 0.25) is 5.91 Å². The third-order valence-electron chi connectivity index (χ3n) is 3.05. The van der Waals surface area contributed by atoms with Crippen molar-refractivity contribution in [2.45, 2.75) is 11.3 Å². The molecule has 1 unspecified atom stereocenters. The lowest BCUT2D eigenvalue weighted by atomic mass is 10.1. The van der Waals surface area contributed by atoms with E-state index < -0.39 is 0 Å². The topological polar surface area (TPSA) is 42.4 Å². The molecule has 1 amide bonds. The number of hydrogen-bond donors (Lipinski definition) is 0. The molecule has 0 saturated carbocycles. The highest BCUT2D eigenvalue weighted by molar-refractivity contribution is 8.00. The second-order valence-electron chi connectivity index (χ2n) is 4.42. The molecule has 5 heteroatoms. The Bertz CT molecular complexity index is 386. The first kappa shape index (κ1) is 13.4. The Morgan fingerprint density at radius 2 is 2.33 bits per heavy atom. The number of carbonyl (C=O) groups is 1.